The van der Waals surface area contributed by atoms with Crippen LogP contribution in [0.1, 0.15) is 47.2 Å². The summed E-state index contributed by atoms with van der Waals surface area (Å²) in [5, 5.41) is 0. The normalized spacial score (nSPS) is 15.4. The Morgan fingerprint density at radius 2 is 0.631 bits per heavy atom. The maximum absolute atomic E-state index is 2.50. The van der Waals surface area contributed by atoms with E-state index in [1.807, 2.05) is 0 Å². The lowest BCUT2D eigenvalue weighted by Gasteiger charge is -2.31. The lowest BCUT2D eigenvalue weighted by atomic mass is 9.69. The van der Waals surface area contributed by atoms with Crippen LogP contribution in [0.4, 0.5) is 17.1 Å². The second-order valence-electron chi connectivity index (χ2n) is 18.4. The van der Waals surface area contributed by atoms with E-state index in [-0.39, 0.29) is 5.41 Å². The number of nitrogens with zero attached hydrogens (tertiary/aromatic N) is 1. The Morgan fingerprint density at radius 1 is 0.262 bits per heavy atom. The molecule has 0 heterocycles. The SMILES string of the molecule is CC1(C)c2ccccc2-c2c1ccc1c2-c2ccccc2C12c1ccccc1-c1ccc(-c3ccc(N(c4ccc(-c5ccccc5)cc4)c4ccc(-c5ccccc5)cc4)cc3)cc12. The van der Waals surface area contributed by atoms with Crippen molar-refractivity contribution in [2.75, 3.05) is 4.90 Å². The summed E-state index contributed by atoms with van der Waals surface area (Å²) in [6.07, 6.45) is 0. The van der Waals surface area contributed by atoms with Gasteiger partial charge in [0.25, 0.3) is 0 Å². The van der Waals surface area contributed by atoms with E-state index in [0.717, 1.165) is 17.1 Å². The van der Waals surface area contributed by atoms with E-state index in [1.165, 1.54) is 100 Å². The van der Waals surface area contributed by atoms with Crippen molar-refractivity contribution in [3.05, 3.63) is 270 Å². The largest absolute Gasteiger partial charge is 0.311 e. The number of anilines is 3. The molecule has 0 aromatic heterocycles. The average Bonchev–Trinajstić information content (AvgIpc) is 3.93. The number of fused-ring (bicyclic) bond motifs is 14. The van der Waals surface area contributed by atoms with Gasteiger partial charge in [0.2, 0.25) is 0 Å². The Bertz CT molecular complexity index is 3390. The second-order valence-corrected chi connectivity index (χ2v) is 18.4. The van der Waals surface area contributed by atoms with Crippen LogP contribution in [0.5, 0.6) is 0 Å². The summed E-state index contributed by atoms with van der Waals surface area (Å²) in [5.74, 6) is 0. The molecule has 65 heavy (non-hydrogen) atoms. The molecule has 3 aliphatic rings. The van der Waals surface area contributed by atoms with Crippen molar-refractivity contribution in [3.63, 3.8) is 0 Å². The summed E-state index contributed by atoms with van der Waals surface area (Å²) < 4.78 is 0. The van der Waals surface area contributed by atoms with Gasteiger partial charge in [0, 0.05) is 22.5 Å². The first-order valence-corrected chi connectivity index (χ1v) is 22.8. The van der Waals surface area contributed by atoms with E-state index in [4.69, 9.17) is 0 Å². The predicted molar refractivity (Wildman–Crippen MR) is 271 cm³/mol. The van der Waals surface area contributed by atoms with Crippen LogP contribution in [0, 0.1) is 0 Å². The molecule has 1 nitrogen and oxygen atoms in total. The zero-order valence-corrected chi connectivity index (χ0v) is 36.5. The molecule has 1 heteroatoms. The lowest BCUT2D eigenvalue weighted by Crippen LogP contribution is -2.26. The molecule has 0 amide bonds. The number of rotatable bonds is 6. The number of benzene rings is 10. The summed E-state index contributed by atoms with van der Waals surface area (Å²) in [7, 11) is 0. The number of hydrogen-bond donors (Lipinski definition) is 0. The fourth-order valence-corrected chi connectivity index (χ4v) is 11.7. The molecule has 0 aliphatic heterocycles. The highest BCUT2D eigenvalue weighted by Crippen LogP contribution is 2.66. The highest BCUT2D eigenvalue weighted by Gasteiger charge is 2.53. The molecular weight excluding hydrogens is 783 g/mol. The molecule has 10 aromatic carbocycles. The highest BCUT2D eigenvalue weighted by molar-refractivity contribution is 6.03. The van der Waals surface area contributed by atoms with Gasteiger partial charge in [-0.25, -0.2) is 0 Å². The standard InChI is InChI=1S/C64H45N/c1-63(2)55-22-12-10-20-53(55)61-58(63)39-40-59-62(61)54-21-11-14-24-57(54)64(59)56-23-13-9-19-51(56)52-38-31-47(41-60(52)64)46-29-36-50(37-30-46)65(48-32-25-44(26-33-48)42-15-5-3-6-16-42)49-34-27-45(28-35-49)43-17-7-4-8-18-43/h3-41H,1-2H3. The van der Waals surface area contributed by atoms with Gasteiger partial charge in [-0.1, -0.05) is 208 Å². The summed E-state index contributed by atoms with van der Waals surface area (Å²) >= 11 is 0. The molecule has 10 aromatic rings. The van der Waals surface area contributed by atoms with E-state index >= 15 is 0 Å². The fourth-order valence-electron chi connectivity index (χ4n) is 11.7. The summed E-state index contributed by atoms with van der Waals surface area (Å²) in [5.41, 5.74) is 26.5. The minimum atomic E-state index is -0.445. The zero-order valence-electron chi connectivity index (χ0n) is 36.5. The maximum Gasteiger partial charge on any atom is 0.0725 e. The molecule has 0 bridgehead atoms. The summed E-state index contributed by atoms with van der Waals surface area (Å²) in [4.78, 5) is 2.37. The van der Waals surface area contributed by atoms with Gasteiger partial charge in [0.1, 0.15) is 0 Å². The predicted octanol–water partition coefficient (Wildman–Crippen LogP) is 16.8. The van der Waals surface area contributed by atoms with Crippen LogP contribution in [-0.4, -0.2) is 0 Å². The van der Waals surface area contributed by atoms with Gasteiger partial charge in [-0.15, -0.1) is 0 Å². The van der Waals surface area contributed by atoms with Crippen molar-refractivity contribution in [2.45, 2.75) is 24.7 Å². The van der Waals surface area contributed by atoms with E-state index in [0.29, 0.717) is 0 Å². The average molecular weight is 828 g/mol. The smallest absolute Gasteiger partial charge is 0.0725 e. The van der Waals surface area contributed by atoms with Gasteiger partial charge in [0.15, 0.2) is 0 Å². The monoisotopic (exact) mass is 827 g/mol. The van der Waals surface area contributed by atoms with Gasteiger partial charge >= 0.3 is 0 Å². The first-order valence-electron chi connectivity index (χ1n) is 22.8. The van der Waals surface area contributed by atoms with Crippen LogP contribution in [0.15, 0.2) is 237 Å². The van der Waals surface area contributed by atoms with Crippen LogP contribution < -0.4 is 4.90 Å². The van der Waals surface area contributed by atoms with Crippen LogP contribution in [0.3, 0.4) is 0 Å². The highest BCUT2D eigenvalue weighted by atomic mass is 15.1. The molecule has 0 fully saturated rings. The quantitative estimate of drug-likeness (QED) is 0.161. The van der Waals surface area contributed by atoms with Gasteiger partial charge < -0.3 is 4.90 Å². The topological polar surface area (TPSA) is 3.24 Å². The minimum absolute atomic E-state index is 0.0801. The number of hydrogen-bond acceptors (Lipinski definition) is 1. The molecule has 1 spiro atoms. The summed E-state index contributed by atoms with van der Waals surface area (Å²) in [6.45, 7) is 4.78. The van der Waals surface area contributed by atoms with Crippen molar-refractivity contribution in [1.29, 1.82) is 0 Å². The van der Waals surface area contributed by atoms with Crippen LogP contribution in [0.25, 0.3) is 66.8 Å². The van der Waals surface area contributed by atoms with Gasteiger partial charge in [-0.3, -0.25) is 0 Å². The first-order chi connectivity index (χ1) is 32.0. The van der Waals surface area contributed by atoms with Crippen molar-refractivity contribution in [1.82, 2.24) is 0 Å². The Kier molecular flexibility index (Phi) is 8.24. The Labute approximate surface area is 381 Å². The van der Waals surface area contributed by atoms with Gasteiger partial charge in [-0.2, -0.15) is 0 Å². The molecule has 1 atom stereocenters. The lowest BCUT2D eigenvalue weighted by molar-refractivity contribution is 0.660. The first kappa shape index (κ1) is 37.5. The summed E-state index contributed by atoms with van der Waals surface area (Å²) in [6, 6.07) is 87.9. The molecule has 0 N–H and O–H groups in total. The maximum atomic E-state index is 2.50. The van der Waals surface area contributed by atoms with Gasteiger partial charge in [0.05, 0.1) is 5.41 Å². The van der Waals surface area contributed by atoms with Crippen molar-refractivity contribution < 1.29 is 0 Å². The molecule has 3 aliphatic carbocycles. The molecule has 13 rings (SSSR count). The minimum Gasteiger partial charge on any atom is -0.311 e. The third-order valence-corrected chi connectivity index (χ3v) is 14.7. The fraction of sp³-hybridized carbons (Fsp3) is 0.0625. The molecule has 0 radical (unpaired) electrons. The second kappa shape index (κ2) is 14.3. The Balaban J connectivity index is 0.941. The van der Waals surface area contributed by atoms with Gasteiger partial charge in [-0.05, 0) is 143 Å². The molecule has 306 valence electrons. The molecule has 0 saturated carbocycles. The molecule has 0 saturated heterocycles. The zero-order chi connectivity index (χ0) is 43.3. The van der Waals surface area contributed by atoms with E-state index in [2.05, 4.69) is 255 Å². The molecule has 1 unspecified atom stereocenters. The van der Waals surface area contributed by atoms with E-state index < -0.39 is 5.41 Å². The van der Waals surface area contributed by atoms with E-state index in [9.17, 15) is 0 Å². The van der Waals surface area contributed by atoms with Crippen LogP contribution >= 0.6 is 0 Å². The van der Waals surface area contributed by atoms with Crippen molar-refractivity contribution >= 4 is 17.1 Å². The Morgan fingerprint density at radius 3 is 1.18 bits per heavy atom. The van der Waals surface area contributed by atoms with E-state index in [1.54, 1.807) is 0 Å². The third-order valence-electron chi connectivity index (χ3n) is 14.7. The van der Waals surface area contributed by atoms with Crippen molar-refractivity contribution in [3.8, 4) is 66.8 Å². The third kappa shape index (κ3) is 5.46. The van der Waals surface area contributed by atoms with Crippen LogP contribution in [-0.2, 0) is 10.8 Å². The molecular formula is C64H45N. The van der Waals surface area contributed by atoms with Crippen LogP contribution in [0.2, 0.25) is 0 Å². The Hall–Kier alpha value is -8.00. The van der Waals surface area contributed by atoms with Crippen molar-refractivity contribution in [2.24, 2.45) is 0 Å².